The van der Waals surface area contributed by atoms with Crippen molar-refractivity contribution in [2.24, 2.45) is 5.92 Å². The van der Waals surface area contributed by atoms with E-state index in [9.17, 15) is 14.4 Å². The minimum absolute atomic E-state index is 0.0163. The molecule has 2 rings (SSSR count). The van der Waals surface area contributed by atoms with E-state index in [0.29, 0.717) is 18.2 Å². The molecular formula is C16H21N5O4. The molecular weight excluding hydrogens is 326 g/mol. The lowest BCUT2D eigenvalue weighted by Gasteiger charge is -2.10. The van der Waals surface area contributed by atoms with E-state index in [1.165, 1.54) is 12.2 Å². The quantitative estimate of drug-likeness (QED) is 0.631. The lowest BCUT2D eigenvalue weighted by Crippen LogP contribution is -2.54. The third kappa shape index (κ3) is 3.93. The van der Waals surface area contributed by atoms with Crippen molar-refractivity contribution in [2.45, 2.75) is 39.9 Å². The van der Waals surface area contributed by atoms with Crippen molar-refractivity contribution >= 4 is 0 Å². The first-order chi connectivity index (χ1) is 11.9. The van der Waals surface area contributed by atoms with Crippen LogP contribution in [0.5, 0.6) is 0 Å². The van der Waals surface area contributed by atoms with Crippen LogP contribution in [0.1, 0.15) is 25.6 Å². The van der Waals surface area contributed by atoms with Crippen LogP contribution in [0.15, 0.2) is 44.2 Å². The predicted molar refractivity (Wildman–Crippen MR) is 91.6 cm³/mol. The smallest absolute Gasteiger partial charge is 0.337 e. The molecule has 0 spiro atoms. The topological polar surface area (TPSA) is 105 Å². The molecule has 9 nitrogen and oxygen atoms in total. The first kappa shape index (κ1) is 18.4. The van der Waals surface area contributed by atoms with Gasteiger partial charge in [0.15, 0.2) is 5.82 Å². The van der Waals surface area contributed by atoms with Crippen LogP contribution in [0.3, 0.4) is 0 Å². The van der Waals surface area contributed by atoms with Gasteiger partial charge >= 0.3 is 17.1 Å². The van der Waals surface area contributed by atoms with Gasteiger partial charge in [-0.3, -0.25) is 0 Å². The third-order valence-electron chi connectivity index (χ3n) is 3.40. The largest absolute Gasteiger partial charge is 0.337 e. The molecule has 0 unspecified atom stereocenters. The molecule has 0 saturated heterocycles. The van der Waals surface area contributed by atoms with Crippen LogP contribution in [-0.4, -0.2) is 23.8 Å². The first-order valence-corrected chi connectivity index (χ1v) is 7.86. The van der Waals surface area contributed by atoms with Gasteiger partial charge in [0.2, 0.25) is 5.89 Å². The second kappa shape index (κ2) is 7.73. The number of hydrogen-bond acceptors (Lipinski definition) is 6. The molecule has 0 aliphatic heterocycles. The average molecular weight is 347 g/mol. The van der Waals surface area contributed by atoms with E-state index < -0.39 is 17.1 Å². The molecule has 0 amide bonds. The maximum atomic E-state index is 12.5. The highest BCUT2D eigenvalue weighted by atomic mass is 16.5. The molecule has 0 aromatic carbocycles. The van der Waals surface area contributed by atoms with Crippen LogP contribution < -0.4 is 17.1 Å². The van der Waals surface area contributed by atoms with E-state index in [4.69, 9.17) is 4.52 Å². The Kier molecular flexibility index (Phi) is 5.68. The van der Waals surface area contributed by atoms with Gasteiger partial charge in [0.25, 0.3) is 0 Å². The van der Waals surface area contributed by atoms with E-state index in [0.717, 1.165) is 13.7 Å². The maximum absolute atomic E-state index is 12.5. The summed E-state index contributed by atoms with van der Waals surface area (Å²) in [6, 6.07) is 0. The highest BCUT2D eigenvalue weighted by Gasteiger charge is 2.17. The summed E-state index contributed by atoms with van der Waals surface area (Å²) in [5.41, 5.74) is -2.21. The molecule has 0 bridgehead atoms. The van der Waals surface area contributed by atoms with Crippen molar-refractivity contribution in [1.82, 2.24) is 23.8 Å². The molecule has 134 valence electrons. The third-order valence-corrected chi connectivity index (χ3v) is 3.40. The summed E-state index contributed by atoms with van der Waals surface area (Å²) >= 11 is 0. The zero-order valence-electron chi connectivity index (χ0n) is 14.3. The molecule has 2 aromatic heterocycles. The summed E-state index contributed by atoms with van der Waals surface area (Å²) < 4.78 is 7.84. The van der Waals surface area contributed by atoms with Crippen molar-refractivity contribution in [3.63, 3.8) is 0 Å². The van der Waals surface area contributed by atoms with Gasteiger partial charge in [-0.2, -0.15) is 4.98 Å². The summed E-state index contributed by atoms with van der Waals surface area (Å²) in [5, 5.41) is 3.84. The molecule has 0 aliphatic rings. The van der Waals surface area contributed by atoms with Crippen molar-refractivity contribution in [3.8, 4) is 0 Å². The van der Waals surface area contributed by atoms with E-state index in [1.807, 2.05) is 13.8 Å². The zero-order chi connectivity index (χ0) is 18.6. The molecule has 2 heterocycles. The highest BCUT2D eigenvalue weighted by molar-refractivity contribution is 4.91. The number of rotatable bonds is 8. The fourth-order valence-corrected chi connectivity index (χ4v) is 2.33. The van der Waals surface area contributed by atoms with Gasteiger partial charge in [0, 0.05) is 6.42 Å². The lowest BCUT2D eigenvalue weighted by molar-refractivity contribution is 0.354. The Hall–Kier alpha value is -2.97. The zero-order valence-corrected chi connectivity index (χ0v) is 14.3. The molecule has 25 heavy (non-hydrogen) atoms. The van der Waals surface area contributed by atoms with Gasteiger partial charge in [-0.15, -0.1) is 13.2 Å². The molecule has 0 atom stereocenters. The fourth-order valence-electron chi connectivity index (χ4n) is 2.33. The summed E-state index contributed by atoms with van der Waals surface area (Å²) in [6.45, 7) is 10.8. The lowest BCUT2D eigenvalue weighted by atomic mass is 10.1. The predicted octanol–water partition coefficient (Wildman–Crippen LogP) is 0.174. The van der Waals surface area contributed by atoms with Gasteiger partial charge in [0.05, 0.1) is 13.1 Å². The SMILES string of the molecule is C=CCn1c(=O)n(CC=C)c(=O)n(Cc2nc(CC(C)C)no2)c1=O. The minimum Gasteiger partial charge on any atom is -0.337 e. The van der Waals surface area contributed by atoms with Gasteiger partial charge in [0.1, 0.15) is 6.54 Å². The summed E-state index contributed by atoms with van der Waals surface area (Å²) in [4.78, 5) is 41.5. The molecule has 9 heteroatoms. The Morgan fingerprint density at radius 2 is 1.52 bits per heavy atom. The normalized spacial score (nSPS) is 11.0. The average Bonchev–Trinajstić information content (AvgIpc) is 2.98. The van der Waals surface area contributed by atoms with Crippen molar-refractivity contribution in [2.75, 3.05) is 0 Å². The fraction of sp³-hybridized carbons (Fsp3) is 0.438. The van der Waals surface area contributed by atoms with Crippen molar-refractivity contribution < 1.29 is 4.52 Å². The Morgan fingerprint density at radius 3 is 2.00 bits per heavy atom. The second-order valence-electron chi connectivity index (χ2n) is 5.93. The molecule has 2 aromatic rings. The van der Waals surface area contributed by atoms with Crippen LogP contribution in [0, 0.1) is 5.92 Å². The van der Waals surface area contributed by atoms with E-state index in [-0.39, 0.29) is 25.5 Å². The molecule has 0 N–H and O–H groups in total. The second-order valence-corrected chi connectivity index (χ2v) is 5.93. The Bertz CT molecular complexity index is 896. The summed E-state index contributed by atoms with van der Waals surface area (Å²) in [7, 11) is 0. The number of nitrogens with zero attached hydrogens (tertiary/aromatic N) is 5. The van der Waals surface area contributed by atoms with Crippen molar-refractivity contribution in [1.29, 1.82) is 0 Å². The van der Waals surface area contributed by atoms with Crippen LogP contribution in [0.4, 0.5) is 0 Å². The van der Waals surface area contributed by atoms with E-state index in [2.05, 4.69) is 23.3 Å². The van der Waals surface area contributed by atoms with Crippen LogP contribution in [0.25, 0.3) is 0 Å². The Morgan fingerprint density at radius 1 is 1.00 bits per heavy atom. The molecule has 0 saturated carbocycles. The van der Waals surface area contributed by atoms with Crippen LogP contribution in [0.2, 0.25) is 0 Å². The van der Waals surface area contributed by atoms with Gasteiger partial charge in [-0.1, -0.05) is 31.2 Å². The van der Waals surface area contributed by atoms with Gasteiger partial charge in [-0.25, -0.2) is 28.1 Å². The highest BCUT2D eigenvalue weighted by Crippen LogP contribution is 2.04. The minimum atomic E-state index is -0.751. The van der Waals surface area contributed by atoms with E-state index in [1.54, 1.807) is 0 Å². The van der Waals surface area contributed by atoms with Crippen molar-refractivity contribution in [3.05, 3.63) is 68.5 Å². The standard InChI is InChI=1S/C16H21N5O4/c1-5-7-19-14(22)20(8-6-2)16(24)21(15(19)23)10-13-17-12(18-25-13)9-11(3)4/h5-6,11H,1-2,7-10H2,3-4H3. The van der Waals surface area contributed by atoms with Crippen LogP contribution >= 0.6 is 0 Å². The van der Waals surface area contributed by atoms with E-state index >= 15 is 0 Å². The molecule has 0 radical (unpaired) electrons. The Balaban J connectivity index is 2.53. The molecule has 0 aliphatic carbocycles. The van der Waals surface area contributed by atoms with Gasteiger partial charge < -0.3 is 4.52 Å². The molecule has 0 fully saturated rings. The summed E-state index contributed by atoms with van der Waals surface area (Å²) in [5.74, 6) is 0.972. The maximum Gasteiger partial charge on any atom is 0.337 e. The summed E-state index contributed by atoms with van der Waals surface area (Å²) in [6.07, 6.45) is 3.43. The number of hydrogen-bond donors (Lipinski definition) is 0. The van der Waals surface area contributed by atoms with Gasteiger partial charge in [-0.05, 0) is 5.92 Å². The number of aromatic nitrogens is 5. The van der Waals surface area contributed by atoms with Crippen LogP contribution in [-0.2, 0) is 26.1 Å². The Labute approximate surface area is 143 Å². The number of allylic oxidation sites excluding steroid dienone is 2. The monoisotopic (exact) mass is 347 g/mol. The first-order valence-electron chi connectivity index (χ1n) is 7.86.